The Bertz CT molecular complexity index is 591. The number of hydrogen-bond donors (Lipinski definition) is 0. The fraction of sp³-hybridized carbons (Fsp3) is 0.188. The molecule has 0 aromatic heterocycles. The molecule has 0 aliphatic carbocycles. The number of carbonyl (C=O) groups is 1. The Morgan fingerprint density at radius 1 is 1.00 bits per heavy atom. The minimum atomic E-state index is -0.417. The molecule has 18 heavy (non-hydrogen) atoms. The standard InChI is InChI=1S/C16H15ClO/c1-10-7-11(2)15(12(3)8-10)13-5-4-6-14(9-13)16(17)18/h4-9H,1-3H3. The van der Waals surface area contributed by atoms with E-state index < -0.39 is 5.24 Å². The molecule has 2 rings (SSSR count). The maximum absolute atomic E-state index is 11.2. The largest absolute Gasteiger partial charge is 0.276 e. The smallest absolute Gasteiger partial charge is 0.252 e. The molecule has 0 bridgehead atoms. The average Bonchev–Trinajstić information content (AvgIpc) is 2.28. The van der Waals surface area contributed by atoms with Crippen LogP contribution in [0.1, 0.15) is 27.0 Å². The van der Waals surface area contributed by atoms with Crippen molar-refractivity contribution in [2.75, 3.05) is 0 Å². The molecule has 0 amide bonds. The third-order valence-corrected chi connectivity index (χ3v) is 3.27. The molecule has 0 aliphatic heterocycles. The number of aryl methyl sites for hydroxylation is 3. The molecule has 1 nitrogen and oxygen atoms in total. The SMILES string of the molecule is Cc1cc(C)c(-c2cccc(C(=O)Cl)c2)c(C)c1. The molecule has 2 heteroatoms. The summed E-state index contributed by atoms with van der Waals surface area (Å²) in [7, 11) is 0. The highest BCUT2D eigenvalue weighted by Gasteiger charge is 2.09. The van der Waals surface area contributed by atoms with Crippen molar-refractivity contribution in [1.29, 1.82) is 0 Å². The van der Waals surface area contributed by atoms with Gasteiger partial charge in [-0.1, -0.05) is 35.9 Å². The van der Waals surface area contributed by atoms with Crippen molar-refractivity contribution in [2.45, 2.75) is 20.8 Å². The highest BCUT2D eigenvalue weighted by atomic mass is 35.5. The average molecular weight is 259 g/mol. The number of hydrogen-bond acceptors (Lipinski definition) is 1. The van der Waals surface area contributed by atoms with Gasteiger partial charge in [-0.3, -0.25) is 4.79 Å². The minimum Gasteiger partial charge on any atom is -0.276 e. The molecule has 0 unspecified atom stereocenters. The lowest BCUT2D eigenvalue weighted by Crippen LogP contribution is -1.93. The number of carbonyl (C=O) groups excluding carboxylic acids is 1. The summed E-state index contributed by atoms with van der Waals surface area (Å²) in [6, 6.07) is 11.8. The van der Waals surface area contributed by atoms with Gasteiger partial charge in [-0.15, -0.1) is 0 Å². The van der Waals surface area contributed by atoms with Gasteiger partial charge in [-0.2, -0.15) is 0 Å². The molecule has 0 aliphatic rings. The molecule has 2 aromatic rings. The van der Waals surface area contributed by atoms with Crippen LogP contribution in [0.3, 0.4) is 0 Å². The molecular formula is C16H15ClO. The Kier molecular flexibility index (Phi) is 3.53. The van der Waals surface area contributed by atoms with Gasteiger partial charge in [0.2, 0.25) is 0 Å². The van der Waals surface area contributed by atoms with Gasteiger partial charge in [0.15, 0.2) is 0 Å². The fourth-order valence-electron chi connectivity index (χ4n) is 2.43. The van der Waals surface area contributed by atoms with Gasteiger partial charge < -0.3 is 0 Å². The summed E-state index contributed by atoms with van der Waals surface area (Å²) in [5.74, 6) is 0. The van der Waals surface area contributed by atoms with Crippen molar-refractivity contribution < 1.29 is 4.79 Å². The van der Waals surface area contributed by atoms with Gasteiger partial charge in [-0.05, 0) is 60.7 Å². The van der Waals surface area contributed by atoms with Crippen LogP contribution in [0.5, 0.6) is 0 Å². The lowest BCUT2D eigenvalue weighted by Gasteiger charge is -2.12. The van der Waals surface area contributed by atoms with E-state index in [0.29, 0.717) is 5.56 Å². The first-order valence-corrected chi connectivity index (χ1v) is 6.25. The summed E-state index contributed by atoms with van der Waals surface area (Å²) in [5.41, 5.74) is 6.43. The van der Waals surface area contributed by atoms with Gasteiger partial charge in [0.1, 0.15) is 0 Å². The summed E-state index contributed by atoms with van der Waals surface area (Å²) in [5, 5.41) is -0.417. The Labute approximate surface area is 112 Å². The van der Waals surface area contributed by atoms with E-state index >= 15 is 0 Å². The topological polar surface area (TPSA) is 17.1 Å². The highest BCUT2D eigenvalue weighted by molar-refractivity contribution is 6.67. The predicted molar refractivity (Wildman–Crippen MR) is 76.3 cm³/mol. The molecule has 0 radical (unpaired) electrons. The van der Waals surface area contributed by atoms with Crippen LogP contribution in [0.25, 0.3) is 11.1 Å². The first kappa shape index (κ1) is 12.8. The van der Waals surface area contributed by atoms with Crippen LogP contribution in [0, 0.1) is 20.8 Å². The molecule has 0 saturated carbocycles. The third kappa shape index (κ3) is 2.46. The van der Waals surface area contributed by atoms with Crippen LogP contribution in [0.15, 0.2) is 36.4 Å². The first-order chi connectivity index (χ1) is 8.49. The van der Waals surface area contributed by atoms with E-state index in [-0.39, 0.29) is 0 Å². The van der Waals surface area contributed by atoms with Crippen LogP contribution in [0.4, 0.5) is 0 Å². The molecule has 0 spiro atoms. The third-order valence-electron chi connectivity index (χ3n) is 3.06. The molecule has 0 saturated heterocycles. The zero-order chi connectivity index (χ0) is 13.3. The van der Waals surface area contributed by atoms with E-state index in [0.717, 1.165) is 5.56 Å². The summed E-state index contributed by atoms with van der Waals surface area (Å²) in [6.07, 6.45) is 0. The lowest BCUT2D eigenvalue weighted by molar-refractivity contribution is 0.108. The van der Waals surface area contributed by atoms with E-state index in [1.54, 1.807) is 6.07 Å². The molecule has 2 aromatic carbocycles. The van der Waals surface area contributed by atoms with Crippen LogP contribution >= 0.6 is 11.6 Å². The molecule has 92 valence electrons. The monoisotopic (exact) mass is 258 g/mol. The molecule has 0 atom stereocenters. The Balaban J connectivity index is 2.62. The van der Waals surface area contributed by atoms with Gasteiger partial charge in [0.05, 0.1) is 0 Å². The summed E-state index contributed by atoms with van der Waals surface area (Å²) in [4.78, 5) is 11.2. The van der Waals surface area contributed by atoms with Crippen molar-refractivity contribution in [1.82, 2.24) is 0 Å². The maximum atomic E-state index is 11.2. The normalized spacial score (nSPS) is 10.4. The van der Waals surface area contributed by atoms with Gasteiger partial charge >= 0.3 is 0 Å². The second-order valence-electron chi connectivity index (χ2n) is 4.63. The van der Waals surface area contributed by atoms with Crippen LogP contribution in [0.2, 0.25) is 0 Å². The summed E-state index contributed by atoms with van der Waals surface area (Å²) < 4.78 is 0. The van der Waals surface area contributed by atoms with Crippen LogP contribution in [-0.2, 0) is 0 Å². The van der Waals surface area contributed by atoms with E-state index in [9.17, 15) is 4.79 Å². The maximum Gasteiger partial charge on any atom is 0.252 e. The molecule has 0 N–H and O–H groups in total. The molecule has 0 fully saturated rings. The van der Waals surface area contributed by atoms with Gasteiger partial charge in [0, 0.05) is 5.56 Å². The fourth-order valence-corrected chi connectivity index (χ4v) is 2.55. The van der Waals surface area contributed by atoms with E-state index in [1.165, 1.54) is 22.3 Å². The Morgan fingerprint density at radius 2 is 1.61 bits per heavy atom. The van der Waals surface area contributed by atoms with Crippen molar-refractivity contribution in [3.05, 3.63) is 58.7 Å². The quantitative estimate of drug-likeness (QED) is 0.716. The van der Waals surface area contributed by atoms with E-state index in [4.69, 9.17) is 11.6 Å². The van der Waals surface area contributed by atoms with Crippen molar-refractivity contribution >= 4 is 16.8 Å². The Morgan fingerprint density at radius 3 is 2.17 bits per heavy atom. The highest BCUT2D eigenvalue weighted by Crippen LogP contribution is 2.29. The van der Waals surface area contributed by atoms with Crippen molar-refractivity contribution in [2.24, 2.45) is 0 Å². The first-order valence-electron chi connectivity index (χ1n) is 5.87. The zero-order valence-corrected chi connectivity index (χ0v) is 11.5. The van der Waals surface area contributed by atoms with Crippen LogP contribution < -0.4 is 0 Å². The van der Waals surface area contributed by atoms with Crippen molar-refractivity contribution in [3.8, 4) is 11.1 Å². The Hall–Kier alpha value is -1.60. The zero-order valence-electron chi connectivity index (χ0n) is 10.8. The van der Waals surface area contributed by atoms with Gasteiger partial charge in [-0.25, -0.2) is 0 Å². The van der Waals surface area contributed by atoms with E-state index in [2.05, 4.69) is 32.9 Å². The molecular weight excluding hydrogens is 244 g/mol. The number of halogens is 1. The summed E-state index contributed by atoms with van der Waals surface area (Å²) in [6.45, 7) is 6.26. The van der Waals surface area contributed by atoms with Gasteiger partial charge in [0.25, 0.3) is 5.24 Å². The second-order valence-corrected chi connectivity index (χ2v) is 4.97. The number of rotatable bonds is 2. The van der Waals surface area contributed by atoms with E-state index in [1.807, 2.05) is 18.2 Å². The number of benzene rings is 2. The summed E-state index contributed by atoms with van der Waals surface area (Å²) >= 11 is 5.53. The minimum absolute atomic E-state index is 0.417. The second kappa shape index (κ2) is 4.95. The molecule has 0 heterocycles. The van der Waals surface area contributed by atoms with Crippen molar-refractivity contribution in [3.63, 3.8) is 0 Å². The predicted octanol–water partition coefficient (Wildman–Crippen LogP) is 4.66. The lowest BCUT2D eigenvalue weighted by atomic mass is 9.93. The van der Waals surface area contributed by atoms with Crippen LogP contribution in [-0.4, -0.2) is 5.24 Å².